The number of nitrogens with one attached hydrogen (secondary N) is 2. The van der Waals surface area contributed by atoms with Crippen LogP contribution >= 0.6 is 11.6 Å². The number of imide groups is 1. The Hall–Kier alpha value is -1.59. The molecule has 106 valence electrons. The van der Waals surface area contributed by atoms with Gasteiger partial charge < -0.3 is 5.32 Å². The van der Waals surface area contributed by atoms with Gasteiger partial charge in [-0.3, -0.25) is 15.0 Å². The van der Waals surface area contributed by atoms with Gasteiger partial charge >= 0.3 is 6.03 Å². The molecule has 2 N–H and O–H groups in total. The first-order valence-electron chi connectivity index (χ1n) is 6.68. The van der Waals surface area contributed by atoms with Gasteiger partial charge in [0.25, 0.3) is 5.91 Å². The predicted molar refractivity (Wildman–Crippen MR) is 75.4 cm³/mol. The topological polar surface area (TPSA) is 61.4 Å². The summed E-state index contributed by atoms with van der Waals surface area (Å²) in [5.74, 6) is -0.195. The molecule has 20 heavy (non-hydrogen) atoms. The third-order valence-corrected chi connectivity index (χ3v) is 4.44. The number of benzene rings is 1. The molecule has 2 heterocycles. The second-order valence-electron chi connectivity index (χ2n) is 5.36. The van der Waals surface area contributed by atoms with Gasteiger partial charge in [-0.15, -0.1) is 0 Å². The van der Waals surface area contributed by atoms with E-state index in [9.17, 15) is 9.59 Å². The van der Waals surface area contributed by atoms with E-state index in [-0.39, 0.29) is 11.9 Å². The Kier molecular flexibility index (Phi) is 3.40. The summed E-state index contributed by atoms with van der Waals surface area (Å²) in [6.45, 7) is 2.29. The van der Waals surface area contributed by atoms with Crippen LogP contribution in [0.4, 0.5) is 4.79 Å². The van der Waals surface area contributed by atoms with Gasteiger partial charge in [0.2, 0.25) is 0 Å². The molecule has 6 heteroatoms. The van der Waals surface area contributed by atoms with Gasteiger partial charge in [0.15, 0.2) is 0 Å². The first-order valence-corrected chi connectivity index (χ1v) is 7.06. The van der Waals surface area contributed by atoms with Crippen LogP contribution in [0.2, 0.25) is 5.02 Å². The highest BCUT2D eigenvalue weighted by molar-refractivity contribution is 6.31. The largest absolute Gasteiger partial charge is 0.323 e. The van der Waals surface area contributed by atoms with Gasteiger partial charge in [-0.2, -0.15) is 0 Å². The number of carbonyl (C=O) groups excluding carboxylic acids is 2. The first-order chi connectivity index (χ1) is 9.59. The third kappa shape index (κ3) is 2.39. The number of halogens is 1. The SMILES string of the molecule is O=C1NC(=O)C2(CCN(Cc3ccccc3Cl)CC2)N1. The van der Waals surface area contributed by atoms with Crippen LogP contribution in [0.25, 0.3) is 0 Å². The molecular weight excluding hydrogens is 278 g/mol. The van der Waals surface area contributed by atoms with Crippen LogP contribution in [-0.4, -0.2) is 35.5 Å². The van der Waals surface area contributed by atoms with E-state index in [1.165, 1.54) is 0 Å². The van der Waals surface area contributed by atoms with Crippen LogP contribution in [0.5, 0.6) is 0 Å². The van der Waals surface area contributed by atoms with E-state index < -0.39 is 5.54 Å². The minimum atomic E-state index is -0.700. The molecule has 3 amide bonds. The Morgan fingerprint density at radius 2 is 1.90 bits per heavy atom. The monoisotopic (exact) mass is 293 g/mol. The zero-order valence-electron chi connectivity index (χ0n) is 11.0. The molecule has 3 rings (SSSR count). The Morgan fingerprint density at radius 1 is 1.20 bits per heavy atom. The molecule has 0 atom stereocenters. The molecule has 0 unspecified atom stereocenters. The molecule has 1 aromatic carbocycles. The molecule has 1 spiro atoms. The van der Waals surface area contributed by atoms with E-state index in [0.717, 1.165) is 30.2 Å². The molecule has 0 radical (unpaired) electrons. The van der Waals surface area contributed by atoms with Crippen LogP contribution in [0.3, 0.4) is 0 Å². The average molecular weight is 294 g/mol. The molecule has 2 aliphatic heterocycles. The maximum absolute atomic E-state index is 11.8. The van der Waals surface area contributed by atoms with E-state index in [0.29, 0.717) is 12.8 Å². The van der Waals surface area contributed by atoms with Crippen molar-refractivity contribution in [3.8, 4) is 0 Å². The summed E-state index contributed by atoms with van der Waals surface area (Å²) in [7, 11) is 0. The molecule has 1 aromatic rings. The highest BCUT2D eigenvalue weighted by atomic mass is 35.5. The highest BCUT2D eigenvalue weighted by Crippen LogP contribution is 2.27. The Labute approximate surface area is 122 Å². The summed E-state index contributed by atoms with van der Waals surface area (Å²) in [4.78, 5) is 25.4. The Bertz CT molecular complexity index is 553. The maximum atomic E-state index is 11.8. The smallest absolute Gasteiger partial charge is 0.322 e. The zero-order valence-corrected chi connectivity index (χ0v) is 11.7. The van der Waals surface area contributed by atoms with Crippen molar-refractivity contribution in [3.63, 3.8) is 0 Å². The summed E-state index contributed by atoms with van der Waals surface area (Å²) in [5.41, 5.74) is 0.388. The van der Waals surface area contributed by atoms with E-state index in [1.54, 1.807) is 0 Å². The van der Waals surface area contributed by atoms with Gasteiger partial charge in [0.05, 0.1) is 0 Å². The van der Waals surface area contributed by atoms with Crippen molar-refractivity contribution in [3.05, 3.63) is 34.9 Å². The van der Waals surface area contributed by atoms with E-state index in [2.05, 4.69) is 15.5 Å². The van der Waals surface area contributed by atoms with Crippen molar-refractivity contribution in [2.75, 3.05) is 13.1 Å². The summed E-state index contributed by atoms with van der Waals surface area (Å²) in [6, 6.07) is 7.39. The lowest BCUT2D eigenvalue weighted by Gasteiger charge is -2.37. The van der Waals surface area contributed by atoms with Crippen molar-refractivity contribution in [1.29, 1.82) is 0 Å². The second-order valence-corrected chi connectivity index (χ2v) is 5.77. The molecule has 0 aromatic heterocycles. The second kappa shape index (κ2) is 5.07. The summed E-state index contributed by atoms with van der Waals surface area (Å²) >= 11 is 6.16. The number of amides is 3. The van der Waals surface area contributed by atoms with Crippen molar-refractivity contribution in [2.45, 2.75) is 24.9 Å². The minimum absolute atomic E-state index is 0.195. The molecule has 2 aliphatic rings. The molecule has 0 saturated carbocycles. The van der Waals surface area contributed by atoms with Gasteiger partial charge in [0, 0.05) is 24.7 Å². The molecule has 2 fully saturated rings. The Balaban J connectivity index is 1.63. The van der Waals surface area contributed by atoms with Gasteiger partial charge in [-0.05, 0) is 24.5 Å². The van der Waals surface area contributed by atoms with E-state index in [1.807, 2.05) is 24.3 Å². The average Bonchev–Trinajstić information content (AvgIpc) is 2.70. The van der Waals surface area contributed by atoms with Crippen LogP contribution in [0.1, 0.15) is 18.4 Å². The van der Waals surface area contributed by atoms with E-state index >= 15 is 0 Å². The number of urea groups is 1. The number of rotatable bonds is 2. The van der Waals surface area contributed by atoms with Gasteiger partial charge in [-0.25, -0.2) is 4.79 Å². The normalized spacial score (nSPS) is 21.9. The number of nitrogens with zero attached hydrogens (tertiary/aromatic N) is 1. The lowest BCUT2D eigenvalue weighted by Crippen LogP contribution is -2.54. The predicted octanol–water partition coefficient (Wildman–Crippen LogP) is 1.51. The number of hydrogen-bond donors (Lipinski definition) is 2. The molecule has 0 aliphatic carbocycles. The maximum Gasteiger partial charge on any atom is 0.322 e. The Morgan fingerprint density at radius 3 is 2.50 bits per heavy atom. The van der Waals surface area contributed by atoms with E-state index in [4.69, 9.17) is 11.6 Å². The third-order valence-electron chi connectivity index (χ3n) is 4.08. The van der Waals surface area contributed by atoms with Crippen molar-refractivity contribution in [1.82, 2.24) is 15.5 Å². The standard InChI is InChI=1S/C14H16ClN3O2/c15-11-4-2-1-3-10(11)9-18-7-5-14(6-8-18)12(19)16-13(20)17-14/h1-4H,5-9H2,(H2,16,17,19,20). The fourth-order valence-electron chi connectivity index (χ4n) is 2.84. The summed E-state index contributed by atoms with van der Waals surface area (Å²) in [6.07, 6.45) is 1.27. The lowest BCUT2D eigenvalue weighted by molar-refractivity contribution is -0.125. The van der Waals surface area contributed by atoms with Gasteiger partial charge in [0.1, 0.15) is 5.54 Å². The molecular formula is C14H16ClN3O2. The summed E-state index contributed by atoms with van der Waals surface area (Å²) in [5, 5.41) is 5.85. The lowest BCUT2D eigenvalue weighted by atomic mass is 9.87. The number of carbonyl (C=O) groups is 2. The number of hydrogen-bond acceptors (Lipinski definition) is 3. The van der Waals surface area contributed by atoms with Crippen molar-refractivity contribution in [2.24, 2.45) is 0 Å². The molecule has 5 nitrogen and oxygen atoms in total. The molecule has 2 saturated heterocycles. The van der Waals surface area contributed by atoms with Crippen LogP contribution in [-0.2, 0) is 11.3 Å². The van der Waals surface area contributed by atoms with Gasteiger partial charge in [-0.1, -0.05) is 29.8 Å². The van der Waals surface area contributed by atoms with Crippen LogP contribution < -0.4 is 10.6 Å². The minimum Gasteiger partial charge on any atom is -0.323 e. The van der Waals surface area contributed by atoms with Crippen LogP contribution in [0.15, 0.2) is 24.3 Å². The number of piperidine rings is 1. The van der Waals surface area contributed by atoms with Crippen molar-refractivity contribution < 1.29 is 9.59 Å². The highest BCUT2D eigenvalue weighted by Gasteiger charge is 2.47. The zero-order chi connectivity index (χ0) is 14.2. The fourth-order valence-corrected chi connectivity index (χ4v) is 3.04. The van der Waals surface area contributed by atoms with Crippen LogP contribution in [0, 0.1) is 0 Å². The summed E-state index contributed by atoms with van der Waals surface area (Å²) < 4.78 is 0. The van der Waals surface area contributed by atoms with Crippen molar-refractivity contribution >= 4 is 23.5 Å². The quantitative estimate of drug-likeness (QED) is 0.813. The first kappa shape index (κ1) is 13.4. The number of likely N-dealkylation sites (tertiary alicyclic amines) is 1. The molecule has 0 bridgehead atoms. The fraction of sp³-hybridized carbons (Fsp3) is 0.429.